The maximum atomic E-state index is 6.13. The maximum Gasteiger partial charge on any atom is 0.125 e. The lowest BCUT2D eigenvalue weighted by Crippen LogP contribution is -2.18. The number of aromatic nitrogens is 2. The highest BCUT2D eigenvalue weighted by Gasteiger charge is 2.41. The Morgan fingerprint density at radius 2 is 2.21 bits per heavy atom. The fourth-order valence-corrected chi connectivity index (χ4v) is 4.65. The van der Waals surface area contributed by atoms with Crippen molar-refractivity contribution in [2.24, 2.45) is 11.8 Å². The van der Waals surface area contributed by atoms with Crippen molar-refractivity contribution < 1.29 is 0 Å². The van der Waals surface area contributed by atoms with E-state index in [4.69, 9.17) is 16.6 Å². The summed E-state index contributed by atoms with van der Waals surface area (Å²) in [5.74, 6) is 3.31. The highest BCUT2D eigenvalue weighted by molar-refractivity contribution is 9.10. The second-order valence-corrected chi connectivity index (χ2v) is 7.09. The predicted octanol–water partition coefficient (Wildman–Crippen LogP) is 4.90. The second-order valence-electron chi connectivity index (χ2n) is 5.91. The van der Waals surface area contributed by atoms with E-state index in [0.29, 0.717) is 11.9 Å². The van der Waals surface area contributed by atoms with Crippen molar-refractivity contribution in [2.75, 3.05) is 0 Å². The van der Waals surface area contributed by atoms with E-state index in [1.54, 1.807) is 0 Å². The van der Waals surface area contributed by atoms with Crippen molar-refractivity contribution in [3.05, 3.63) is 28.5 Å². The minimum atomic E-state index is 0.500. The lowest BCUT2D eigenvalue weighted by Gasteiger charge is -2.25. The summed E-state index contributed by atoms with van der Waals surface area (Å²) in [6.07, 6.45) is 5.53. The monoisotopic (exact) mass is 338 g/mol. The number of fused-ring (bicyclic) bond motifs is 3. The normalized spacial score (nSPS) is 29.5. The molecule has 3 unspecified atom stereocenters. The molecule has 1 aromatic heterocycles. The molecule has 0 amide bonds. The smallest absolute Gasteiger partial charge is 0.125 e. The summed E-state index contributed by atoms with van der Waals surface area (Å²) >= 11 is 9.65. The van der Waals surface area contributed by atoms with E-state index in [9.17, 15) is 0 Å². The van der Waals surface area contributed by atoms with Crippen LogP contribution >= 0.6 is 27.5 Å². The average molecular weight is 340 g/mol. The molecular weight excluding hydrogens is 324 g/mol. The highest BCUT2D eigenvalue weighted by Crippen LogP contribution is 2.51. The van der Waals surface area contributed by atoms with Crippen molar-refractivity contribution >= 4 is 38.6 Å². The SMILES string of the molecule is ClCc1nc2cc(Br)ccc2n1C1CC2CCC1C2. The van der Waals surface area contributed by atoms with Crippen LogP contribution in [0.2, 0.25) is 0 Å². The molecule has 100 valence electrons. The molecule has 3 atom stereocenters. The molecule has 0 saturated heterocycles. The lowest BCUT2D eigenvalue weighted by molar-refractivity contribution is 0.331. The summed E-state index contributed by atoms with van der Waals surface area (Å²) in [6, 6.07) is 6.99. The van der Waals surface area contributed by atoms with Gasteiger partial charge in [-0.3, -0.25) is 0 Å². The van der Waals surface area contributed by atoms with Crippen LogP contribution in [0.15, 0.2) is 22.7 Å². The summed E-state index contributed by atoms with van der Waals surface area (Å²) in [6.45, 7) is 0. The first-order chi connectivity index (χ1) is 9.26. The minimum absolute atomic E-state index is 0.500. The number of nitrogens with zero attached hydrogens (tertiary/aromatic N) is 2. The second kappa shape index (κ2) is 4.49. The Bertz CT molecular complexity index is 636. The van der Waals surface area contributed by atoms with Gasteiger partial charge in [0, 0.05) is 10.5 Å². The van der Waals surface area contributed by atoms with Crippen LogP contribution in [0.4, 0.5) is 0 Å². The van der Waals surface area contributed by atoms with Gasteiger partial charge >= 0.3 is 0 Å². The van der Waals surface area contributed by atoms with Crippen molar-refractivity contribution in [1.82, 2.24) is 9.55 Å². The molecule has 2 aliphatic rings. The summed E-state index contributed by atoms with van der Waals surface area (Å²) in [5.41, 5.74) is 2.31. The van der Waals surface area contributed by atoms with Gasteiger partial charge in [-0.2, -0.15) is 0 Å². The van der Waals surface area contributed by atoms with Crippen LogP contribution in [0.3, 0.4) is 0 Å². The number of rotatable bonds is 2. The van der Waals surface area contributed by atoms with Crippen LogP contribution in [0.1, 0.15) is 37.5 Å². The number of halogens is 2. The van der Waals surface area contributed by atoms with Crippen LogP contribution in [0, 0.1) is 11.8 Å². The molecule has 1 aromatic carbocycles. The third-order valence-corrected chi connectivity index (χ3v) is 5.61. The van der Waals surface area contributed by atoms with E-state index in [0.717, 1.165) is 27.6 Å². The van der Waals surface area contributed by atoms with Gasteiger partial charge in [-0.15, -0.1) is 11.6 Å². The van der Waals surface area contributed by atoms with Gasteiger partial charge in [0.1, 0.15) is 5.82 Å². The van der Waals surface area contributed by atoms with Gasteiger partial charge in [0.2, 0.25) is 0 Å². The summed E-state index contributed by atoms with van der Waals surface area (Å²) in [5, 5.41) is 0. The van der Waals surface area contributed by atoms with E-state index in [1.807, 2.05) is 0 Å². The minimum Gasteiger partial charge on any atom is -0.324 e. The van der Waals surface area contributed by atoms with Crippen LogP contribution in [0.5, 0.6) is 0 Å². The first-order valence-corrected chi connectivity index (χ1v) is 8.31. The van der Waals surface area contributed by atoms with Gasteiger partial charge in [0.15, 0.2) is 0 Å². The highest BCUT2D eigenvalue weighted by atomic mass is 79.9. The zero-order chi connectivity index (χ0) is 13.0. The summed E-state index contributed by atoms with van der Waals surface area (Å²) in [4.78, 5) is 4.72. The first-order valence-electron chi connectivity index (χ1n) is 6.98. The van der Waals surface area contributed by atoms with E-state index < -0.39 is 0 Å². The van der Waals surface area contributed by atoms with Crippen molar-refractivity contribution in [3.63, 3.8) is 0 Å². The fraction of sp³-hybridized carbons (Fsp3) is 0.533. The Morgan fingerprint density at radius 1 is 1.32 bits per heavy atom. The number of imidazole rings is 1. The molecule has 0 aliphatic heterocycles. The van der Waals surface area contributed by atoms with E-state index in [2.05, 4.69) is 38.7 Å². The lowest BCUT2D eigenvalue weighted by atomic mass is 9.95. The first kappa shape index (κ1) is 12.2. The van der Waals surface area contributed by atoms with Gasteiger partial charge in [0.05, 0.1) is 16.9 Å². The van der Waals surface area contributed by atoms with Gasteiger partial charge in [-0.05, 0) is 49.3 Å². The van der Waals surface area contributed by atoms with Crippen molar-refractivity contribution in [1.29, 1.82) is 0 Å². The Hall–Kier alpha value is -0.540. The molecule has 0 spiro atoms. The molecule has 2 bridgehead atoms. The molecule has 4 rings (SSSR count). The Balaban J connectivity index is 1.88. The number of benzene rings is 1. The molecule has 2 aromatic rings. The van der Waals surface area contributed by atoms with Gasteiger partial charge in [0.25, 0.3) is 0 Å². The zero-order valence-electron chi connectivity index (χ0n) is 10.6. The molecule has 0 N–H and O–H groups in total. The van der Waals surface area contributed by atoms with Crippen LogP contribution in [-0.2, 0) is 5.88 Å². The van der Waals surface area contributed by atoms with Crippen LogP contribution < -0.4 is 0 Å². The molecule has 2 aliphatic carbocycles. The molecule has 2 saturated carbocycles. The van der Waals surface area contributed by atoms with E-state index in [1.165, 1.54) is 31.2 Å². The third-order valence-electron chi connectivity index (χ3n) is 4.88. The van der Waals surface area contributed by atoms with Gasteiger partial charge in [-0.25, -0.2) is 4.98 Å². The predicted molar refractivity (Wildman–Crippen MR) is 81.5 cm³/mol. The topological polar surface area (TPSA) is 17.8 Å². The molecule has 19 heavy (non-hydrogen) atoms. The summed E-state index contributed by atoms with van der Waals surface area (Å²) in [7, 11) is 0. The van der Waals surface area contributed by atoms with Crippen LogP contribution in [-0.4, -0.2) is 9.55 Å². The average Bonchev–Trinajstić information content (AvgIpc) is 3.09. The number of alkyl halides is 1. The summed E-state index contributed by atoms with van der Waals surface area (Å²) < 4.78 is 3.51. The van der Waals surface area contributed by atoms with E-state index in [-0.39, 0.29) is 0 Å². The molecule has 4 heteroatoms. The Labute approximate surface area is 126 Å². The Kier molecular flexibility index (Phi) is 2.89. The molecule has 2 nitrogen and oxygen atoms in total. The number of hydrogen-bond acceptors (Lipinski definition) is 1. The zero-order valence-corrected chi connectivity index (χ0v) is 13.0. The molecular formula is C15H16BrClN2. The third kappa shape index (κ3) is 1.85. The maximum absolute atomic E-state index is 6.13. The van der Waals surface area contributed by atoms with Gasteiger partial charge in [-0.1, -0.05) is 22.4 Å². The largest absolute Gasteiger partial charge is 0.324 e. The van der Waals surface area contributed by atoms with E-state index >= 15 is 0 Å². The molecule has 2 fully saturated rings. The van der Waals surface area contributed by atoms with Crippen molar-refractivity contribution in [2.45, 2.75) is 37.6 Å². The molecule has 1 heterocycles. The van der Waals surface area contributed by atoms with Crippen molar-refractivity contribution in [3.8, 4) is 0 Å². The quantitative estimate of drug-likeness (QED) is 0.712. The molecule has 0 radical (unpaired) electrons. The van der Waals surface area contributed by atoms with Gasteiger partial charge < -0.3 is 4.57 Å². The fourth-order valence-electron chi connectivity index (χ4n) is 4.11. The Morgan fingerprint density at radius 3 is 2.89 bits per heavy atom. The number of hydrogen-bond donors (Lipinski definition) is 0. The van der Waals surface area contributed by atoms with Crippen LogP contribution in [0.25, 0.3) is 11.0 Å². The standard InChI is InChI=1S/C15H16BrClN2/c16-11-3-4-13-12(7-11)18-15(8-17)19(13)14-6-9-1-2-10(14)5-9/h3-4,7,9-10,14H,1-2,5-6,8H2.